The summed E-state index contributed by atoms with van der Waals surface area (Å²) in [7, 11) is 1.68. The average Bonchev–Trinajstić information content (AvgIpc) is 2.93. The van der Waals surface area contributed by atoms with Crippen LogP contribution in [0.3, 0.4) is 0 Å². The fraction of sp³-hybridized carbons (Fsp3) is 0.200. The third-order valence-corrected chi connectivity index (χ3v) is 2.88. The van der Waals surface area contributed by atoms with E-state index < -0.39 is 11.9 Å². The van der Waals surface area contributed by atoms with Crippen LogP contribution in [0.25, 0.3) is 10.9 Å². The van der Waals surface area contributed by atoms with Gasteiger partial charge in [-0.15, -0.1) is 0 Å². The zero-order chi connectivity index (χ0) is 17.2. The lowest BCUT2D eigenvalue weighted by Gasteiger charge is -2.01. The van der Waals surface area contributed by atoms with Crippen molar-refractivity contribution in [2.45, 2.75) is 6.42 Å². The van der Waals surface area contributed by atoms with E-state index in [1.54, 1.807) is 7.11 Å². The van der Waals surface area contributed by atoms with Gasteiger partial charge >= 0.3 is 11.9 Å². The van der Waals surface area contributed by atoms with Crippen LogP contribution in [0, 0.1) is 0 Å². The molecule has 124 valence electrons. The number of H-pyrrole nitrogens is 1. The molecule has 0 saturated carbocycles. The van der Waals surface area contributed by atoms with Crippen LogP contribution in [0.2, 0.25) is 0 Å². The molecule has 0 radical (unpaired) electrons. The number of hydrogen-bond acceptors (Lipinski definition) is 5. The first kappa shape index (κ1) is 18.2. The van der Waals surface area contributed by atoms with Crippen molar-refractivity contribution in [3.8, 4) is 5.75 Å². The molecule has 0 aliphatic rings. The highest BCUT2D eigenvalue weighted by Crippen LogP contribution is 2.23. The molecule has 0 aliphatic carbocycles. The van der Waals surface area contributed by atoms with Crippen molar-refractivity contribution in [3.63, 3.8) is 0 Å². The van der Waals surface area contributed by atoms with Crippen molar-refractivity contribution < 1.29 is 24.5 Å². The Hall–Kier alpha value is -2.84. The fourth-order valence-electron chi connectivity index (χ4n) is 1.84. The average molecular weight is 321 g/mol. The lowest BCUT2D eigenvalue weighted by molar-refractivity contribution is -0.134. The topological polar surface area (TPSA) is 138 Å². The standard InChI is InChI=1S/C11H15N3O.C4H4O4/c1-15-9-2-3-11-10(6-9)8(7-13-11)4-5-14-12;5-3(6)1-2-4(7)8/h2-3,6-7,13-14H,4-5,12H2,1H3;1-2H,(H,5,6)(H,7,8)/b;2-1+. The Morgan fingerprint density at radius 1 is 1.30 bits per heavy atom. The zero-order valence-electron chi connectivity index (χ0n) is 12.6. The molecule has 1 aromatic carbocycles. The summed E-state index contributed by atoms with van der Waals surface area (Å²) in [5, 5.41) is 16.8. The molecule has 23 heavy (non-hydrogen) atoms. The van der Waals surface area contributed by atoms with Gasteiger partial charge in [0.2, 0.25) is 0 Å². The third kappa shape index (κ3) is 6.20. The van der Waals surface area contributed by atoms with E-state index in [1.165, 1.54) is 10.9 Å². The van der Waals surface area contributed by atoms with Crippen LogP contribution in [-0.4, -0.2) is 40.8 Å². The highest BCUT2D eigenvalue weighted by atomic mass is 16.5. The number of rotatable bonds is 6. The van der Waals surface area contributed by atoms with Crippen molar-refractivity contribution in [1.29, 1.82) is 0 Å². The smallest absolute Gasteiger partial charge is 0.328 e. The van der Waals surface area contributed by atoms with Gasteiger partial charge in [0.25, 0.3) is 0 Å². The second-order valence-corrected chi connectivity index (χ2v) is 4.44. The van der Waals surface area contributed by atoms with Gasteiger partial charge in [0.1, 0.15) is 5.75 Å². The predicted molar refractivity (Wildman–Crippen MR) is 85.2 cm³/mol. The van der Waals surface area contributed by atoms with E-state index in [0.717, 1.165) is 24.2 Å². The highest BCUT2D eigenvalue weighted by molar-refractivity contribution is 5.89. The molecule has 0 saturated heterocycles. The van der Waals surface area contributed by atoms with Crippen LogP contribution in [0.5, 0.6) is 5.75 Å². The second-order valence-electron chi connectivity index (χ2n) is 4.44. The molecule has 0 amide bonds. The van der Waals surface area contributed by atoms with Crippen LogP contribution in [-0.2, 0) is 16.0 Å². The number of fused-ring (bicyclic) bond motifs is 1. The van der Waals surface area contributed by atoms with Crippen LogP contribution >= 0.6 is 0 Å². The molecular weight excluding hydrogens is 302 g/mol. The number of hydrogen-bond donors (Lipinski definition) is 5. The number of aliphatic carboxylic acids is 2. The van der Waals surface area contributed by atoms with Crippen molar-refractivity contribution in [1.82, 2.24) is 10.4 Å². The molecule has 2 rings (SSSR count). The molecule has 0 spiro atoms. The van der Waals surface area contributed by atoms with Gasteiger partial charge in [0, 0.05) is 35.8 Å². The molecule has 0 atom stereocenters. The maximum Gasteiger partial charge on any atom is 0.328 e. The number of nitrogens with one attached hydrogen (secondary N) is 2. The predicted octanol–water partition coefficient (Wildman–Crippen LogP) is 0.894. The van der Waals surface area contributed by atoms with Crippen molar-refractivity contribution in [3.05, 3.63) is 42.1 Å². The molecule has 8 nitrogen and oxygen atoms in total. The SMILES string of the molecule is COc1ccc2[nH]cc(CCNN)c2c1.O=C(O)/C=C/C(=O)O. The number of hydrazine groups is 1. The van der Waals surface area contributed by atoms with E-state index in [0.29, 0.717) is 12.2 Å². The lowest BCUT2D eigenvalue weighted by Crippen LogP contribution is -2.24. The fourth-order valence-corrected chi connectivity index (χ4v) is 1.84. The van der Waals surface area contributed by atoms with Gasteiger partial charge in [-0.05, 0) is 30.2 Å². The lowest BCUT2D eigenvalue weighted by atomic mass is 10.1. The van der Waals surface area contributed by atoms with Crippen LogP contribution in [0.1, 0.15) is 5.56 Å². The number of carboxylic acids is 2. The minimum atomic E-state index is -1.26. The van der Waals surface area contributed by atoms with E-state index in [1.807, 2.05) is 24.4 Å². The molecular formula is C15H19N3O5. The number of nitrogens with two attached hydrogens (primary N) is 1. The van der Waals surface area contributed by atoms with Gasteiger partial charge in [0.15, 0.2) is 0 Å². The Morgan fingerprint density at radius 2 is 1.96 bits per heavy atom. The molecule has 2 aromatic rings. The van der Waals surface area contributed by atoms with Gasteiger partial charge in [-0.1, -0.05) is 0 Å². The molecule has 0 unspecified atom stereocenters. The number of aromatic nitrogens is 1. The Labute approximate surface area is 132 Å². The van der Waals surface area contributed by atoms with Gasteiger partial charge in [-0.25, -0.2) is 9.59 Å². The zero-order valence-corrected chi connectivity index (χ0v) is 12.6. The Balaban J connectivity index is 0.000000284. The van der Waals surface area contributed by atoms with Crippen LogP contribution in [0.4, 0.5) is 0 Å². The van der Waals surface area contributed by atoms with Gasteiger partial charge < -0.3 is 19.9 Å². The Kier molecular flexibility index (Phi) is 7.31. The number of ether oxygens (including phenoxy) is 1. The molecule has 0 aliphatic heterocycles. The number of carbonyl (C=O) groups is 2. The summed E-state index contributed by atoms with van der Waals surface area (Å²) in [6.45, 7) is 0.768. The first-order valence-electron chi connectivity index (χ1n) is 6.69. The van der Waals surface area contributed by atoms with Crippen LogP contribution in [0.15, 0.2) is 36.5 Å². The van der Waals surface area contributed by atoms with Gasteiger partial charge in [-0.3, -0.25) is 11.3 Å². The summed E-state index contributed by atoms with van der Waals surface area (Å²) in [4.78, 5) is 22.3. The minimum Gasteiger partial charge on any atom is -0.497 e. The Morgan fingerprint density at radius 3 is 2.48 bits per heavy atom. The van der Waals surface area contributed by atoms with E-state index in [-0.39, 0.29) is 0 Å². The number of aromatic amines is 1. The largest absolute Gasteiger partial charge is 0.497 e. The summed E-state index contributed by atoms with van der Waals surface area (Å²) in [6.07, 6.45) is 4.04. The summed E-state index contributed by atoms with van der Waals surface area (Å²) in [6, 6.07) is 6.01. The van der Waals surface area contributed by atoms with Gasteiger partial charge in [-0.2, -0.15) is 0 Å². The van der Waals surface area contributed by atoms with E-state index in [2.05, 4.69) is 10.4 Å². The molecule has 6 N–H and O–H groups in total. The molecule has 0 fully saturated rings. The first-order valence-corrected chi connectivity index (χ1v) is 6.69. The number of methoxy groups -OCH3 is 1. The summed E-state index contributed by atoms with van der Waals surface area (Å²) in [5.41, 5.74) is 5.03. The maximum absolute atomic E-state index is 9.55. The van der Waals surface area contributed by atoms with E-state index >= 15 is 0 Å². The quantitative estimate of drug-likeness (QED) is 0.302. The molecule has 1 aromatic heterocycles. The van der Waals surface area contributed by atoms with Crippen molar-refractivity contribution in [2.75, 3.05) is 13.7 Å². The van der Waals surface area contributed by atoms with Crippen molar-refractivity contribution >= 4 is 22.8 Å². The monoisotopic (exact) mass is 321 g/mol. The second kappa shape index (κ2) is 9.23. The minimum absolute atomic E-state index is 0.558. The number of carboxylic acid groups (broad SMARTS) is 2. The summed E-state index contributed by atoms with van der Waals surface area (Å²) >= 11 is 0. The van der Waals surface area contributed by atoms with Gasteiger partial charge in [0.05, 0.1) is 7.11 Å². The molecule has 1 heterocycles. The molecule has 0 bridgehead atoms. The van der Waals surface area contributed by atoms with E-state index in [4.69, 9.17) is 20.8 Å². The summed E-state index contributed by atoms with van der Waals surface area (Å²) < 4.78 is 5.20. The number of benzene rings is 1. The normalized spacial score (nSPS) is 10.3. The maximum atomic E-state index is 9.55. The third-order valence-electron chi connectivity index (χ3n) is 2.88. The highest BCUT2D eigenvalue weighted by Gasteiger charge is 2.04. The Bertz CT molecular complexity index is 677. The summed E-state index contributed by atoms with van der Waals surface area (Å²) in [5.74, 6) is 3.63. The van der Waals surface area contributed by atoms with Crippen LogP contribution < -0.4 is 16.0 Å². The van der Waals surface area contributed by atoms with Crippen molar-refractivity contribution in [2.24, 2.45) is 5.84 Å². The van der Waals surface area contributed by atoms with E-state index in [9.17, 15) is 9.59 Å². The molecule has 8 heteroatoms. The first-order chi connectivity index (χ1) is 11.0.